The molecule has 2 unspecified atom stereocenters. The van der Waals surface area contributed by atoms with Crippen molar-refractivity contribution in [1.82, 2.24) is 0 Å². The fourth-order valence-corrected chi connectivity index (χ4v) is 11.2. The normalized spacial score (nSPS) is 36.0. The molecule has 42 heavy (non-hydrogen) atoms. The van der Waals surface area contributed by atoms with E-state index < -0.39 is 38.2 Å². The van der Waals surface area contributed by atoms with Gasteiger partial charge in [0, 0.05) is 10.8 Å². The van der Waals surface area contributed by atoms with Crippen LogP contribution in [0.15, 0.2) is 23.1 Å². The van der Waals surface area contributed by atoms with Gasteiger partial charge in [-0.25, -0.2) is 9.59 Å². The van der Waals surface area contributed by atoms with E-state index in [9.17, 15) is 22.6 Å². The number of carbonyl (C=O) groups excluding carboxylic acids is 2. The molecule has 0 aliphatic heterocycles. The molecule has 232 valence electrons. The molecule has 0 radical (unpaired) electrons. The molecule has 0 amide bonds. The number of benzene rings is 1. The molecule has 1 aromatic carbocycles. The van der Waals surface area contributed by atoms with Crippen LogP contribution in [0.4, 0.5) is 0 Å². The number of hydrogen-bond acceptors (Lipinski definition) is 6. The first-order chi connectivity index (χ1) is 19.5. The summed E-state index contributed by atoms with van der Waals surface area (Å²) in [6.07, 6.45) is 13.4. The van der Waals surface area contributed by atoms with Gasteiger partial charge >= 0.3 is 11.9 Å². The molecular formula is C34H48O7S. The molecule has 8 heteroatoms. The number of fused-ring (bicyclic) bond motifs is 2. The third-order valence-electron chi connectivity index (χ3n) is 12.4. The monoisotopic (exact) mass is 600 g/mol. The number of rotatable bonds is 7. The largest absolute Gasteiger partial charge is 0.455 e. The van der Waals surface area contributed by atoms with E-state index in [-0.39, 0.29) is 22.0 Å². The van der Waals surface area contributed by atoms with E-state index in [1.54, 1.807) is 0 Å². The average Bonchev–Trinajstić information content (AvgIpc) is 2.86. The lowest BCUT2D eigenvalue weighted by Gasteiger charge is -2.61. The summed E-state index contributed by atoms with van der Waals surface area (Å²) in [4.78, 5) is 26.8. The Morgan fingerprint density at radius 1 is 0.762 bits per heavy atom. The van der Waals surface area contributed by atoms with Crippen LogP contribution in [0.2, 0.25) is 0 Å². The van der Waals surface area contributed by atoms with Crippen LogP contribution < -0.4 is 0 Å². The van der Waals surface area contributed by atoms with Gasteiger partial charge in [-0.3, -0.25) is 4.55 Å². The summed E-state index contributed by atoms with van der Waals surface area (Å²) >= 11 is 0. The van der Waals surface area contributed by atoms with E-state index in [0.29, 0.717) is 29.6 Å². The molecule has 3 atom stereocenters. The highest BCUT2D eigenvalue weighted by molar-refractivity contribution is 7.85. The molecule has 7 nitrogen and oxygen atoms in total. The zero-order valence-electron chi connectivity index (χ0n) is 25.9. The zero-order valence-corrected chi connectivity index (χ0v) is 26.7. The second-order valence-corrected chi connectivity index (χ2v) is 17.4. The van der Waals surface area contributed by atoms with Gasteiger partial charge in [0.05, 0.1) is 16.0 Å². The van der Waals surface area contributed by atoms with E-state index >= 15 is 0 Å². The minimum atomic E-state index is -4.70. The Kier molecular flexibility index (Phi) is 7.20. The van der Waals surface area contributed by atoms with Crippen molar-refractivity contribution in [2.45, 2.75) is 128 Å². The lowest BCUT2D eigenvalue weighted by molar-refractivity contribution is -0.164. The van der Waals surface area contributed by atoms with Gasteiger partial charge in [0.15, 0.2) is 0 Å². The lowest BCUT2D eigenvalue weighted by atomic mass is 9.46. The Balaban J connectivity index is 1.26. The van der Waals surface area contributed by atoms with E-state index in [0.717, 1.165) is 57.1 Å². The van der Waals surface area contributed by atoms with Crippen LogP contribution in [0.1, 0.15) is 132 Å². The first kappa shape index (κ1) is 30.1. The van der Waals surface area contributed by atoms with Crippen molar-refractivity contribution < 1.29 is 32.0 Å². The maximum Gasteiger partial charge on any atom is 0.338 e. The molecule has 0 saturated heterocycles. The predicted octanol–water partition coefficient (Wildman–Crippen LogP) is 7.63. The molecule has 7 rings (SSSR count). The van der Waals surface area contributed by atoms with Crippen LogP contribution in [0, 0.1) is 40.4 Å². The zero-order chi connectivity index (χ0) is 30.3. The SMILES string of the molecule is C[C@@H]1CC2CCCC(C(C)(C)OC(=O)c3cc(C(=O)OC(C)(C)C45CC6CC(CC(C6)C4)C5)cc(S(=O)(=O)O)c3)(C2)C1. The summed E-state index contributed by atoms with van der Waals surface area (Å²) in [7, 11) is -4.70. The summed E-state index contributed by atoms with van der Waals surface area (Å²) in [5.74, 6) is 1.80. The summed E-state index contributed by atoms with van der Waals surface area (Å²) in [6, 6.07) is 3.55. The van der Waals surface area contributed by atoms with E-state index in [1.165, 1.54) is 38.2 Å². The van der Waals surface area contributed by atoms with Crippen molar-refractivity contribution in [3.05, 3.63) is 29.3 Å². The highest BCUT2D eigenvalue weighted by Crippen LogP contribution is 2.64. The summed E-state index contributed by atoms with van der Waals surface area (Å²) in [6.45, 7) is 10.1. The maximum absolute atomic E-state index is 13.7. The lowest BCUT2D eigenvalue weighted by Crippen LogP contribution is -2.57. The average molecular weight is 601 g/mol. The maximum atomic E-state index is 13.7. The summed E-state index contributed by atoms with van der Waals surface area (Å²) in [5, 5.41) is 0. The second kappa shape index (κ2) is 10.0. The minimum absolute atomic E-state index is 0.0742. The topological polar surface area (TPSA) is 107 Å². The van der Waals surface area contributed by atoms with E-state index in [2.05, 4.69) is 6.92 Å². The van der Waals surface area contributed by atoms with E-state index in [4.69, 9.17) is 9.47 Å². The van der Waals surface area contributed by atoms with Crippen LogP contribution in [-0.2, 0) is 19.6 Å². The molecule has 1 aromatic rings. The Morgan fingerprint density at radius 3 is 1.74 bits per heavy atom. The van der Waals surface area contributed by atoms with Gasteiger partial charge in [0.2, 0.25) is 0 Å². The van der Waals surface area contributed by atoms with Crippen LogP contribution in [0.25, 0.3) is 0 Å². The fraction of sp³-hybridized carbons (Fsp3) is 0.765. The fourth-order valence-electron chi connectivity index (χ4n) is 10.6. The van der Waals surface area contributed by atoms with Crippen LogP contribution in [0.3, 0.4) is 0 Å². The minimum Gasteiger partial charge on any atom is -0.455 e. The van der Waals surface area contributed by atoms with Crippen molar-refractivity contribution in [2.75, 3.05) is 0 Å². The van der Waals surface area contributed by atoms with Gasteiger partial charge in [-0.15, -0.1) is 0 Å². The molecule has 0 aromatic heterocycles. The Bertz CT molecular complexity index is 1270. The summed E-state index contributed by atoms with van der Waals surface area (Å²) < 4.78 is 46.8. The number of ether oxygens (including phenoxy) is 2. The van der Waals surface area contributed by atoms with Crippen LogP contribution >= 0.6 is 0 Å². The van der Waals surface area contributed by atoms with Gasteiger partial charge < -0.3 is 9.47 Å². The molecule has 1 N–H and O–H groups in total. The molecule has 0 spiro atoms. The number of hydrogen-bond donors (Lipinski definition) is 1. The first-order valence-corrected chi connectivity index (χ1v) is 17.5. The smallest absolute Gasteiger partial charge is 0.338 e. The molecule has 6 bridgehead atoms. The molecule has 6 fully saturated rings. The Morgan fingerprint density at radius 2 is 1.24 bits per heavy atom. The van der Waals surface area contributed by atoms with Crippen LogP contribution in [-0.4, -0.2) is 36.1 Å². The predicted molar refractivity (Wildman–Crippen MR) is 159 cm³/mol. The number of carbonyl (C=O) groups is 2. The third-order valence-corrected chi connectivity index (χ3v) is 13.2. The third kappa shape index (κ3) is 5.22. The van der Waals surface area contributed by atoms with Crippen molar-refractivity contribution in [3.8, 4) is 0 Å². The Hall–Kier alpha value is -1.93. The highest BCUT2D eigenvalue weighted by Gasteiger charge is 2.59. The highest BCUT2D eigenvalue weighted by atomic mass is 32.2. The van der Waals surface area contributed by atoms with Gasteiger partial charge in [-0.2, -0.15) is 8.42 Å². The van der Waals surface area contributed by atoms with Gasteiger partial charge in [0.25, 0.3) is 10.1 Å². The molecule has 6 aliphatic rings. The summed E-state index contributed by atoms with van der Waals surface area (Å²) in [5.41, 5.74) is -1.94. The number of esters is 2. The van der Waals surface area contributed by atoms with Gasteiger partial charge in [0.1, 0.15) is 11.2 Å². The van der Waals surface area contributed by atoms with Gasteiger partial charge in [-0.05, 0) is 140 Å². The van der Waals surface area contributed by atoms with Gasteiger partial charge in [-0.1, -0.05) is 19.8 Å². The van der Waals surface area contributed by atoms with Crippen LogP contribution in [0.5, 0.6) is 0 Å². The quantitative estimate of drug-likeness (QED) is 0.253. The van der Waals surface area contributed by atoms with E-state index in [1.807, 2.05) is 27.7 Å². The Labute approximate surface area is 251 Å². The first-order valence-electron chi connectivity index (χ1n) is 16.1. The standard InChI is InChI=1S/C34H48O7S/c1-21-9-22-7-6-8-33(16-21,17-22)31(2,3)40-29(35)26-13-27(15-28(14-26)42(37,38)39)30(36)41-32(4,5)34-18-23-10-24(19-34)12-25(11-23)20-34/h13-15,21-25H,6-12,16-20H2,1-5H3,(H,37,38,39)/t21-,22?,23?,24?,25?,33?,34?/m1/s1. The van der Waals surface area contributed by atoms with Crippen molar-refractivity contribution in [2.24, 2.45) is 40.4 Å². The van der Waals surface area contributed by atoms with Crippen molar-refractivity contribution in [3.63, 3.8) is 0 Å². The van der Waals surface area contributed by atoms with Crippen molar-refractivity contribution >= 4 is 22.1 Å². The molecule has 6 aliphatic carbocycles. The molecule has 0 heterocycles. The van der Waals surface area contributed by atoms with Crippen molar-refractivity contribution in [1.29, 1.82) is 0 Å². The second-order valence-electron chi connectivity index (χ2n) is 16.0. The molecular weight excluding hydrogens is 552 g/mol. The molecule has 6 saturated carbocycles.